The molecule has 2 N–H and O–H groups in total. The molecule has 196 valence electrons. The van der Waals surface area contributed by atoms with E-state index in [1.54, 1.807) is 20.8 Å². The molecule has 0 aromatic heterocycles. The average molecular weight is 492 g/mol. The van der Waals surface area contributed by atoms with Crippen LogP contribution in [-0.4, -0.2) is 61.1 Å². The Morgan fingerprint density at radius 2 is 1.69 bits per heavy atom. The molecule has 0 saturated heterocycles. The molecule has 1 unspecified atom stereocenters. The molecule has 0 aliphatic heterocycles. The third kappa shape index (κ3) is 10.8. The number of nitrogens with one attached hydrogen (secondary N) is 2. The number of benzene rings is 1. The van der Waals surface area contributed by atoms with Gasteiger partial charge in [0.15, 0.2) is 0 Å². The van der Waals surface area contributed by atoms with Crippen LogP contribution in [-0.2, 0) is 23.9 Å². The first kappa shape index (κ1) is 29.9. The summed E-state index contributed by atoms with van der Waals surface area (Å²) < 4.78 is 9.87. The van der Waals surface area contributed by atoms with Crippen molar-refractivity contribution in [3.8, 4) is 0 Å². The van der Waals surface area contributed by atoms with Crippen molar-refractivity contribution >= 4 is 23.9 Å². The zero-order valence-electron chi connectivity index (χ0n) is 22.2. The maximum absolute atomic E-state index is 13.4. The number of ether oxygens (including phenoxy) is 2. The highest BCUT2D eigenvalue weighted by Crippen LogP contribution is 2.26. The summed E-state index contributed by atoms with van der Waals surface area (Å²) in [5.74, 6) is -1.51. The normalized spacial score (nSPS) is 11.9. The number of esters is 1. The second-order valence-electron chi connectivity index (χ2n) is 9.56. The summed E-state index contributed by atoms with van der Waals surface area (Å²) in [6, 6.07) is 4.66. The number of alkyl carbamates (subject to hydrolysis) is 1. The van der Waals surface area contributed by atoms with E-state index in [1.807, 2.05) is 32.0 Å². The van der Waals surface area contributed by atoms with E-state index in [-0.39, 0.29) is 13.1 Å². The van der Waals surface area contributed by atoms with Crippen molar-refractivity contribution in [3.63, 3.8) is 0 Å². The lowest BCUT2D eigenvalue weighted by Gasteiger charge is -2.32. The molecule has 0 spiro atoms. The Hall–Kier alpha value is -3.10. The van der Waals surface area contributed by atoms with Gasteiger partial charge in [-0.3, -0.25) is 14.4 Å². The largest absolute Gasteiger partial charge is 0.468 e. The fourth-order valence-corrected chi connectivity index (χ4v) is 3.58. The molecule has 0 heterocycles. The van der Waals surface area contributed by atoms with Crippen LogP contribution >= 0.6 is 0 Å². The second kappa shape index (κ2) is 14.3. The lowest BCUT2D eigenvalue weighted by atomic mass is 9.96. The van der Waals surface area contributed by atoms with Crippen LogP contribution in [0.2, 0.25) is 0 Å². The maximum Gasteiger partial charge on any atom is 0.408 e. The fraction of sp³-hybridized carbons (Fsp3) is 0.615. The zero-order chi connectivity index (χ0) is 26.6. The molecule has 0 radical (unpaired) electrons. The predicted octanol–water partition coefficient (Wildman–Crippen LogP) is 3.57. The van der Waals surface area contributed by atoms with Gasteiger partial charge in [0.25, 0.3) is 0 Å². The van der Waals surface area contributed by atoms with E-state index in [1.165, 1.54) is 12.0 Å². The number of hydrogen-bond acceptors (Lipinski definition) is 6. The summed E-state index contributed by atoms with van der Waals surface area (Å²) >= 11 is 0. The van der Waals surface area contributed by atoms with Gasteiger partial charge in [-0.1, -0.05) is 49.9 Å². The van der Waals surface area contributed by atoms with Gasteiger partial charge in [0.2, 0.25) is 11.8 Å². The number of rotatable bonds is 12. The third-order valence-electron chi connectivity index (χ3n) is 5.27. The summed E-state index contributed by atoms with van der Waals surface area (Å²) in [7, 11) is 1.24. The first-order valence-corrected chi connectivity index (χ1v) is 12.1. The molecule has 0 aliphatic rings. The van der Waals surface area contributed by atoms with E-state index in [0.29, 0.717) is 18.5 Å². The van der Waals surface area contributed by atoms with Crippen molar-refractivity contribution < 1.29 is 28.7 Å². The van der Waals surface area contributed by atoms with Crippen molar-refractivity contribution in [1.29, 1.82) is 0 Å². The molecule has 3 amide bonds. The van der Waals surface area contributed by atoms with Crippen molar-refractivity contribution in [1.82, 2.24) is 15.5 Å². The Morgan fingerprint density at radius 1 is 1.00 bits per heavy atom. The topological polar surface area (TPSA) is 114 Å². The smallest absolute Gasteiger partial charge is 0.408 e. The SMILES string of the molecule is CCCCCCN(C(=O)CNC(=O)OC(C)(C)C)C(C(=O)NCC(=O)OC)c1ccc(C)cc1C. The Morgan fingerprint density at radius 3 is 2.26 bits per heavy atom. The van der Waals surface area contributed by atoms with Gasteiger partial charge in [0, 0.05) is 6.54 Å². The van der Waals surface area contributed by atoms with Crippen molar-refractivity contribution in [3.05, 3.63) is 34.9 Å². The number of nitrogens with zero attached hydrogens (tertiary/aromatic N) is 1. The van der Waals surface area contributed by atoms with Crippen LogP contribution in [0.1, 0.15) is 76.1 Å². The Bertz CT molecular complexity index is 878. The highest BCUT2D eigenvalue weighted by molar-refractivity contribution is 5.92. The maximum atomic E-state index is 13.4. The van der Waals surface area contributed by atoms with E-state index < -0.39 is 35.5 Å². The van der Waals surface area contributed by atoms with E-state index in [0.717, 1.165) is 30.4 Å². The van der Waals surface area contributed by atoms with Crippen LogP contribution in [0.25, 0.3) is 0 Å². The number of hydrogen-bond donors (Lipinski definition) is 2. The molecule has 1 aromatic rings. The van der Waals surface area contributed by atoms with Gasteiger partial charge in [-0.05, 0) is 52.2 Å². The van der Waals surface area contributed by atoms with E-state index in [4.69, 9.17) is 4.74 Å². The molecular formula is C26H41N3O6. The quantitative estimate of drug-likeness (QED) is 0.341. The summed E-state index contributed by atoms with van der Waals surface area (Å²) in [5.41, 5.74) is 1.81. The average Bonchev–Trinajstić information content (AvgIpc) is 2.77. The Kier molecular flexibility index (Phi) is 12.3. The van der Waals surface area contributed by atoms with Crippen LogP contribution in [0.4, 0.5) is 4.79 Å². The predicted molar refractivity (Wildman–Crippen MR) is 134 cm³/mol. The Labute approximate surface area is 208 Å². The van der Waals surface area contributed by atoms with E-state index in [9.17, 15) is 19.2 Å². The molecular weight excluding hydrogens is 450 g/mol. The number of aryl methyl sites for hydroxylation is 2. The van der Waals surface area contributed by atoms with Gasteiger partial charge < -0.3 is 25.0 Å². The first-order valence-electron chi connectivity index (χ1n) is 12.1. The monoisotopic (exact) mass is 491 g/mol. The lowest BCUT2D eigenvalue weighted by Crippen LogP contribution is -2.49. The van der Waals surface area contributed by atoms with Crippen LogP contribution < -0.4 is 10.6 Å². The van der Waals surface area contributed by atoms with Gasteiger partial charge in [-0.25, -0.2) is 4.79 Å². The van der Waals surface area contributed by atoms with Crippen LogP contribution in [0, 0.1) is 13.8 Å². The first-order chi connectivity index (χ1) is 16.4. The third-order valence-corrected chi connectivity index (χ3v) is 5.27. The van der Waals surface area contributed by atoms with Gasteiger partial charge in [-0.2, -0.15) is 0 Å². The van der Waals surface area contributed by atoms with Crippen molar-refractivity contribution in [2.45, 2.75) is 78.9 Å². The number of carbonyl (C=O) groups is 4. The van der Waals surface area contributed by atoms with Gasteiger partial charge in [-0.15, -0.1) is 0 Å². The van der Waals surface area contributed by atoms with E-state index >= 15 is 0 Å². The van der Waals surface area contributed by atoms with Crippen LogP contribution in [0.5, 0.6) is 0 Å². The molecule has 0 fully saturated rings. The summed E-state index contributed by atoms with van der Waals surface area (Å²) in [6.45, 7) is 10.8. The Balaban J connectivity index is 3.26. The minimum atomic E-state index is -0.977. The standard InChI is InChI=1S/C26H41N3O6/c1-8-9-10-11-14-29(21(30)16-28-25(33)35-26(4,5)6)23(24(32)27-17-22(31)34-7)20-13-12-18(2)15-19(20)3/h12-13,15,23H,8-11,14,16-17H2,1-7H3,(H,27,32)(H,28,33). The molecule has 0 saturated carbocycles. The van der Waals surface area contributed by atoms with Crippen molar-refractivity contribution in [2.75, 3.05) is 26.7 Å². The molecule has 1 rings (SSSR count). The summed E-state index contributed by atoms with van der Waals surface area (Å²) in [4.78, 5) is 51.9. The molecule has 9 heteroatoms. The van der Waals surface area contributed by atoms with Crippen LogP contribution in [0.15, 0.2) is 18.2 Å². The van der Waals surface area contributed by atoms with Gasteiger partial charge in [0.1, 0.15) is 24.7 Å². The van der Waals surface area contributed by atoms with Gasteiger partial charge >= 0.3 is 12.1 Å². The number of carbonyl (C=O) groups excluding carboxylic acids is 4. The minimum Gasteiger partial charge on any atom is -0.468 e. The number of methoxy groups -OCH3 is 1. The van der Waals surface area contributed by atoms with Crippen LogP contribution in [0.3, 0.4) is 0 Å². The van der Waals surface area contributed by atoms with Crippen molar-refractivity contribution in [2.24, 2.45) is 0 Å². The van der Waals surface area contributed by atoms with Gasteiger partial charge in [0.05, 0.1) is 7.11 Å². The number of amides is 3. The van der Waals surface area contributed by atoms with E-state index in [2.05, 4.69) is 22.3 Å². The molecule has 0 aliphatic carbocycles. The fourth-order valence-electron chi connectivity index (χ4n) is 3.58. The summed E-state index contributed by atoms with van der Waals surface area (Å²) in [5, 5.41) is 5.08. The highest BCUT2D eigenvalue weighted by atomic mass is 16.6. The molecule has 1 aromatic carbocycles. The molecule has 35 heavy (non-hydrogen) atoms. The molecule has 1 atom stereocenters. The molecule has 9 nitrogen and oxygen atoms in total. The zero-order valence-corrected chi connectivity index (χ0v) is 22.2. The molecule has 0 bridgehead atoms. The highest BCUT2D eigenvalue weighted by Gasteiger charge is 2.32. The number of unbranched alkanes of at least 4 members (excludes halogenated alkanes) is 3. The second-order valence-corrected chi connectivity index (χ2v) is 9.56. The lowest BCUT2D eigenvalue weighted by molar-refractivity contribution is -0.143. The summed E-state index contributed by atoms with van der Waals surface area (Å²) in [6.07, 6.45) is 2.89. The minimum absolute atomic E-state index is 0.315.